The molecule has 1 saturated carbocycles. The summed E-state index contributed by atoms with van der Waals surface area (Å²) in [5.41, 5.74) is 0. The molecule has 0 unspecified atom stereocenters. The zero-order chi connectivity index (χ0) is 16.9. The molecular weight excluding hydrogens is 330 g/mol. The zero-order valence-electron chi connectivity index (χ0n) is 13.6. The molecule has 0 N–H and O–H groups in total. The number of hydrogen-bond acceptors (Lipinski definition) is 6. The summed E-state index contributed by atoms with van der Waals surface area (Å²) in [7, 11) is -3.20. The van der Waals surface area contributed by atoms with Crippen molar-refractivity contribution >= 4 is 15.7 Å². The van der Waals surface area contributed by atoms with Crippen LogP contribution < -0.4 is 4.74 Å². The highest BCUT2D eigenvalue weighted by atomic mass is 32.2. The van der Waals surface area contributed by atoms with Gasteiger partial charge in [0.05, 0.1) is 12.4 Å². The predicted molar refractivity (Wildman–Crippen MR) is 86.0 cm³/mol. The fourth-order valence-corrected chi connectivity index (χ4v) is 6.30. The quantitative estimate of drug-likeness (QED) is 0.786. The van der Waals surface area contributed by atoms with Crippen LogP contribution in [0.5, 0.6) is 6.01 Å². The molecule has 1 amide bonds. The van der Waals surface area contributed by atoms with E-state index in [1.807, 2.05) is 0 Å². The molecule has 1 spiro atoms. The van der Waals surface area contributed by atoms with Crippen molar-refractivity contribution in [1.82, 2.24) is 14.9 Å². The second-order valence-corrected chi connectivity index (χ2v) is 9.68. The molecule has 0 aromatic carbocycles. The van der Waals surface area contributed by atoms with E-state index in [-0.39, 0.29) is 36.1 Å². The van der Waals surface area contributed by atoms with E-state index in [4.69, 9.17) is 4.74 Å². The molecule has 8 heteroatoms. The molecule has 1 aromatic rings. The number of ether oxygens (including phenoxy) is 1. The van der Waals surface area contributed by atoms with Gasteiger partial charge in [-0.2, -0.15) is 0 Å². The van der Waals surface area contributed by atoms with Crippen LogP contribution >= 0.6 is 0 Å². The highest BCUT2D eigenvalue weighted by molar-refractivity contribution is 7.93. The minimum Gasteiger partial charge on any atom is -0.463 e. The maximum atomic E-state index is 12.6. The topological polar surface area (TPSA) is 89.5 Å². The van der Waals surface area contributed by atoms with Crippen molar-refractivity contribution in [3.8, 4) is 6.01 Å². The monoisotopic (exact) mass is 351 g/mol. The minimum absolute atomic E-state index is 0.0962. The molecule has 1 aliphatic carbocycles. The van der Waals surface area contributed by atoms with E-state index in [0.717, 1.165) is 6.42 Å². The summed E-state index contributed by atoms with van der Waals surface area (Å²) < 4.78 is 29.9. The van der Waals surface area contributed by atoms with Crippen molar-refractivity contribution < 1.29 is 17.9 Å². The number of nitrogens with zero attached hydrogens (tertiary/aromatic N) is 3. The van der Waals surface area contributed by atoms with Crippen molar-refractivity contribution in [2.45, 2.75) is 24.5 Å². The molecule has 2 aliphatic heterocycles. The maximum absolute atomic E-state index is 12.6. The van der Waals surface area contributed by atoms with Gasteiger partial charge in [-0.15, -0.1) is 0 Å². The van der Waals surface area contributed by atoms with Crippen LogP contribution in [0.2, 0.25) is 0 Å². The first-order valence-electron chi connectivity index (χ1n) is 8.34. The van der Waals surface area contributed by atoms with Gasteiger partial charge in [-0.05, 0) is 24.8 Å². The molecule has 7 nitrogen and oxygen atoms in total. The first-order chi connectivity index (χ1) is 11.4. The number of sulfone groups is 1. The molecule has 3 fully saturated rings. The zero-order valence-corrected chi connectivity index (χ0v) is 14.4. The standard InChI is InChI=1S/C16H21N3O4S/c1-11-7-13(11)14(20)19-9-16(10-19)12(3-6-24(16,21)22)8-23-15-17-4-2-5-18-15/h2,4-5,11-13H,3,6-10H2,1H3/t11-,12+,13-/m1/s1. The smallest absolute Gasteiger partial charge is 0.316 e. The molecule has 24 heavy (non-hydrogen) atoms. The highest BCUT2D eigenvalue weighted by Crippen LogP contribution is 2.47. The van der Waals surface area contributed by atoms with Gasteiger partial charge in [0.25, 0.3) is 0 Å². The summed E-state index contributed by atoms with van der Waals surface area (Å²) in [5.74, 6) is 0.689. The van der Waals surface area contributed by atoms with Gasteiger partial charge >= 0.3 is 6.01 Å². The molecule has 130 valence electrons. The summed E-state index contributed by atoms with van der Waals surface area (Å²) >= 11 is 0. The summed E-state index contributed by atoms with van der Waals surface area (Å²) in [6.07, 6.45) is 4.66. The first kappa shape index (κ1) is 15.8. The average Bonchev–Trinajstić information content (AvgIpc) is 3.18. The van der Waals surface area contributed by atoms with Crippen LogP contribution in [0.15, 0.2) is 18.5 Å². The molecule has 2 saturated heterocycles. The Morgan fingerprint density at radius 3 is 2.67 bits per heavy atom. The van der Waals surface area contributed by atoms with Crippen LogP contribution in [0.4, 0.5) is 0 Å². The third-order valence-electron chi connectivity index (χ3n) is 5.71. The second kappa shape index (κ2) is 5.40. The molecule has 0 radical (unpaired) electrons. The number of carbonyl (C=O) groups is 1. The third-order valence-corrected chi connectivity index (χ3v) is 8.31. The van der Waals surface area contributed by atoms with E-state index < -0.39 is 14.6 Å². The molecule has 0 bridgehead atoms. The SMILES string of the molecule is C[C@@H]1C[C@H]1C(=O)N1CC2(C1)[C@H](COc1ncccn1)CCS2(=O)=O. The van der Waals surface area contributed by atoms with E-state index in [1.165, 1.54) is 0 Å². The van der Waals surface area contributed by atoms with Gasteiger partial charge in [-0.3, -0.25) is 4.79 Å². The van der Waals surface area contributed by atoms with Crippen LogP contribution in [0, 0.1) is 17.8 Å². The van der Waals surface area contributed by atoms with Gasteiger partial charge in [0.2, 0.25) is 5.91 Å². The molecular formula is C16H21N3O4S. The maximum Gasteiger partial charge on any atom is 0.316 e. The van der Waals surface area contributed by atoms with Gasteiger partial charge in [0, 0.05) is 37.3 Å². The lowest BCUT2D eigenvalue weighted by Crippen LogP contribution is -2.69. The lowest BCUT2D eigenvalue weighted by molar-refractivity contribution is -0.139. The Bertz CT molecular complexity index is 746. The van der Waals surface area contributed by atoms with E-state index in [2.05, 4.69) is 16.9 Å². The Morgan fingerprint density at radius 1 is 1.38 bits per heavy atom. The largest absolute Gasteiger partial charge is 0.463 e. The Morgan fingerprint density at radius 2 is 2.04 bits per heavy atom. The van der Waals surface area contributed by atoms with Crippen molar-refractivity contribution in [2.24, 2.45) is 17.8 Å². The Labute approximate surface area is 141 Å². The molecule has 3 aliphatic rings. The third kappa shape index (κ3) is 2.39. The number of hydrogen-bond donors (Lipinski definition) is 0. The van der Waals surface area contributed by atoms with E-state index in [0.29, 0.717) is 25.4 Å². The number of carbonyl (C=O) groups excluding carboxylic acids is 1. The van der Waals surface area contributed by atoms with Gasteiger partial charge in [-0.1, -0.05) is 6.92 Å². The van der Waals surface area contributed by atoms with Crippen molar-refractivity contribution in [3.63, 3.8) is 0 Å². The summed E-state index contributed by atoms with van der Waals surface area (Å²) in [6.45, 7) is 2.94. The van der Waals surface area contributed by atoms with Crippen molar-refractivity contribution in [1.29, 1.82) is 0 Å². The van der Waals surface area contributed by atoms with E-state index in [9.17, 15) is 13.2 Å². The van der Waals surface area contributed by atoms with Gasteiger partial charge < -0.3 is 9.64 Å². The molecule has 3 heterocycles. The fourth-order valence-electron chi connectivity index (χ4n) is 3.90. The van der Waals surface area contributed by atoms with Crippen molar-refractivity contribution in [2.75, 3.05) is 25.4 Å². The molecule has 4 rings (SSSR count). The Balaban J connectivity index is 1.44. The minimum atomic E-state index is -3.20. The highest BCUT2D eigenvalue weighted by Gasteiger charge is 2.63. The average molecular weight is 351 g/mol. The lowest BCUT2D eigenvalue weighted by Gasteiger charge is -2.49. The van der Waals surface area contributed by atoms with Gasteiger partial charge in [0.15, 0.2) is 9.84 Å². The van der Waals surface area contributed by atoms with Crippen LogP contribution in [-0.4, -0.2) is 59.4 Å². The van der Waals surface area contributed by atoms with Crippen molar-refractivity contribution in [3.05, 3.63) is 18.5 Å². The number of likely N-dealkylation sites (tertiary alicyclic amines) is 1. The number of aromatic nitrogens is 2. The second-order valence-electron chi connectivity index (χ2n) is 7.23. The predicted octanol–water partition coefficient (Wildman–Crippen LogP) is 0.527. The lowest BCUT2D eigenvalue weighted by atomic mass is 9.83. The van der Waals surface area contributed by atoms with Crippen LogP contribution in [0.25, 0.3) is 0 Å². The Hall–Kier alpha value is -1.70. The van der Waals surface area contributed by atoms with Gasteiger partial charge in [0.1, 0.15) is 4.75 Å². The number of rotatable bonds is 4. The van der Waals surface area contributed by atoms with E-state index in [1.54, 1.807) is 23.4 Å². The van der Waals surface area contributed by atoms with Crippen LogP contribution in [0.3, 0.4) is 0 Å². The summed E-state index contributed by atoms with van der Waals surface area (Å²) in [6, 6.07) is 1.96. The van der Waals surface area contributed by atoms with Gasteiger partial charge in [-0.25, -0.2) is 18.4 Å². The summed E-state index contributed by atoms with van der Waals surface area (Å²) in [4.78, 5) is 22.0. The molecule has 1 aromatic heterocycles. The fraction of sp³-hybridized carbons (Fsp3) is 0.688. The normalized spacial score (nSPS) is 32.4. The Kier molecular flexibility index (Phi) is 3.56. The summed E-state index contributed by atoms with van der Waals surface area (Å²) in [5, 5.41) is 0. The van der Waals surface area contributed by atoms with Crippen LogP contribution in [0.1, 0.15) is 19.8 Å². The first-order valence-corrected chi connectivity index (χ1v) is 9.99. The molecule has 3 atom stereocenters. The van der Waals surface area contributed by atoms with Crippen LogP contribution in [-0.2, 0) is 14.6 Å². The van der Waals surface area contributed by atoms with E-state index >= 15 is 0 Å². The number of amides is 1.